The van der Waals surface area contributed by atoms with Gasteiger partial charge in [0, 0.05) is 18.7 Å². The number of hydrogen-bond acceptors (Lipinski definition) is 7. The molecule has 2 atom stereocenters. The fourth-order valence-electron chi connectivity index (χ4n) is 6.01. The number of morpholine rings is 1. The first kappa shape index (κ1) is 32.3. The summed E-state index contributed by atoms with van der Waals surface area (Å²) in [6, 6.07) is 21.3. The van der Waals surface area contributed by atoms with Gasteiger partial charge in [-0.25, -0.2) is 13.6 Å². The SMILES string of the molecule is CCOC(=O)/C(=N\O)c1cc(CO[Si](c2ccccc2)(c2ccccc2)C(C)(C)C)c(N2C[C@@H](C)O[C@@H](C)C2)c(F)c1F. The number of benzene rings is 3. The second-order valence-corrected chi connectivity index (χ2v) is 16.1. The molecule has 10 heteroatoms. The van der Waals surface area contributed by atoms with Gasteiger partial charge in [0.05, 0.1) is 36.7 Å². The number of carbonyl (C=O) groups is 1. The Labute approximate surface area is 253 Å². The van der Waals surface area contributed by atoms with Crippen molar-refractivity contribution in [2.45, 2.75) is 65.4 Å². The highest BCUT2D eigenvalue weighted by Crippen LogP contribution is 2.39. The number of rotatable bonds is 9. The van der Waals surface area contributed by atoms with Gasteiger partial charge in [0.25, 0.3) is 8.32 Å². The maximum absolute atomic E-state index is 16.2. The van der Waals surface area contributed by atoms with Crippen LogP contribution in [0.3, 0.4) is 0 Å². The molecule has 0 spiro atoms. The summed E-state index contributed by atoms with van der Waals surface area (Å²) in [5.41, 5.74) is -0.881. The average molecular weight is 611 g/mol. The van der Waals surface area contributed by atoms with Crippen LogP contribution in [0.2, 0.25) is 5.04 Å². The summed E-state index contributed by atoms with van der Waals surface area (Å²) in [6.07, 6.45) is -0.462. The van der Waals surface area contributed by atoms with Gasteiger partial charge in [0.15, 0.2) is 17.3 Å². The van der Waals surface area contributed by atoms with Crippen LogP contribution in [0.5, 0.6) is 0 Å². The third-order valence-corrected chi connectivity index (χ3v) is 12.7. The minimum atomic E-state index is -3.08. The second kappa shape index (κ2) is 13.4. The molecule has 0 unspecified atom stereocenters. The molecule has 3 aromatic carbocycles. The van der Waals surface area contributed by atoms with E-state index in [4.69, 9.17) is 13.9 Å². The van der Waals surface area contributed by atoms with Crippen molar-refractivity contribution in [1.82, 2.24) is 0 Å². The van der Waals surface area contributed by atoms with Crippen LogP contribution in [0, 0.1) is 11.6 Å². The predicted molar refractivity (Wildman–Crippen MR) is 166 cm³/mol. The number of esters is 1. The molecule has 0 amide bonds. The molecule has 1 fully saturated rings. The van der Waals surface area contributed by atoms with Crippen LogP contribution in [0.15, 0.2) is 71.9 Å². The molecule has 1 heterocycles. The van der Waals surface area contributed by atoms with E-state index in [1.807, 2.05) is 74.5 Å². The number of oxime groups is 1. The Morgan fingerprint density at radius 1 is 1.00 bits per heavy atom. The van der Waals surface area contributed by atoms with Crippen LogP contribution in [-0.4, -0.2) is 57.1 Å². The molecule has 3 aromatic rings. The third-order valence-electron chi connectivity index (χ3n) is 7.68. The smallest absolute Gasteiger partial charge is 0.361 e. The lowest BCUT2D eigenvalue weighted by atomic mass is 10.0. The molecule has 43 heavy (non-hydrogen) atoms. The molecule has 1 N–H and O–H groups in total. The van der Waals surface area contributed by atoms with Gasteiger partial charge in [-0.2, -0.15) is 0 Å². The Morgan fingerprint density at radius 3 is 2.00 bits per heavy atom. The number of halogens is 2. The lowest BCUT2D eigenvalue weighted by Crippen LogP contribution is -2.66. The van der Waals surface area contributed by atoms with Gasteiger partial charge < -0.3 is 24.0 Å². The summed E-state index contributed by atoms with van der Waals surface area (Å²) < 4.78 is 49.9. The zero-order valence-electron chi connectivity index (χ0n) is 25.6. The molecule has 0 bridgehead atoms. The van der Waals surface area contributed by atoms with Crippen molar-refractivity contribution in [3.05, 3.63) is 89.5 Å². The van der Waals surface area contributed by atoms with Crippen LogP contribution >= 0.6 is 0 Å². The fourth-order valence-corrected chi connectivity index (χ4v) is 10.5. The van der Waals surface area contributed by atoms with Crippen LogP contribution in [0.25, 0.3) is 0 Å². The van der Waals surface area contributed by atoms with Gasteiger partial charge in [-0.05, 0) is 42.2 Å². The molecule has 0 radical (unpaired) electrons. The Kier molecular flexibility index (Phi) is 10.0. The highest BCUT2D eigenvalue weighted by molar-refractivity contribution is 6.99. The van der Waals surface area contributed by atoms with E-state index in [0.29, 0.717) is 18.7 Å². The fraction of sp³-hybridized carbons (Fsp3) is 0.394. The first-order chi connectivity index (χ1) is 20.4. The molecule has 1 aliphatic rings. The molecule has 4 rings (SSSR count). The van der Waals surface area contributed by atoms with Gasteiger partial charge in [0.2, 0.25) is 0 Å². The van der Waals surface area contributed by atoms with Gasteiger partial charge >= 0.3 is 5.97 Å². The molecule has 1 aliphatic heterocycles. The van der Waals surface area contributed by atoms with Crippen LogP contribution in [-0.2, 0) is 25.3 Å². The topological polar surface area (TPSA) is 80.6 Å². The maximum atomic E-state index is 16.2. The van der Waals surface area contributed by atoms with Crippen molar-refractivity contribution in [2.75, 3.05) is 24.6 Å². The Hall–Kier alpha value is -3.60. The number of hydrogen-bond donors (Lipinski definition) is 1. The molecular formula is C33H40F2N2O5Si. The Morgan fingerprint density at radius 2 is 1.53 bits per heavy atom. The molecule has 1 saturated heterocycles. The van der Waals surface area contributed by atoms with Crippen molar-refractivity contribution in [3.63, 3.8) is 0 Å². The number of ether oxygens (including phenoxy) is 2. The van der Waals surface area contributed by atoms with E-state index < -0.39 is 37.2 Å². The normalized spacial score (nSPS) is 18.0. The monoisotopic (exact) mass is 610 g/mol. The zero-order chi connectivity index (χ0) is 31.4. The quantitative estimate of drug-likeness (QED) is 0.115. The summed E-state index contributed by atoms with van der Waals surface area (Å²) in [5, 5.41) is 14.4. The van der Waals surface area contributed by atoms with Gasteiger partial charge in [-0.1, -0.05) is 86.6 Å². The predicted octanol–water partition coefficient (Wildman–Crippen LogP) is 5.40. The third kappa shape index (κ3) is 6.51. The van der Waals surface area contributed by atoms with E-state index in [2.05, 4.69) is 25.9 Å². The second-order valence-electron chi connectivity index (χ2n) is 11.8. The van der Waals surface area contributed by atoms with Crippen LogP contribution < -0.4 is 15.3 Å². The number of nitrogens with zero attached hydrogens (tertiary/aromatic N) is 2. The first-order valence-electron chi connectivity index (χ1n) is 14.5. The molecule has 0 saturated carbocycles. The highest BCUT2D eigenvalue weighted by Gasteiger charge is 2.50. The van der Waals surface area contributed by atoms with Gasteiger partial charge in [0.1, 0.15) is 0 Å². The van der Waals surface area contributed by atoms with E-state index in [1.54, 1.807) is 11.8 Å². The van der Waals surface area contributed by atoms with E-state index in [-0.39, 0.29) is 36.1 Å². The van der Waals surface area contributed by atoms with E-state index in [1.165, 1.54) is 6.07 Å². The summed E-state index contributed by atoms with van der Waals surface area (Å²) in [6.45, 7) is 12.2. The molecular weight excluding hydrogens is 570 g/mol. The lowest BCUT2D eigenvalue weighted by molar-refractivity contribution is -0.135. The summed E-state index contributed by atoms with van der Waals surface area (Å²) in [5.74, 6) is -3.54. The Bertz CT molecular complexity index is 1400. The van der Waals surface area contributed by atoms with Gasteiger partial charge in [-0.3, -0.25) is 0 Å². The highest BCUT2D eigenvalue weighted by atomic mass is 28.4. The minimum absolute atomic E-state index is 0.0299. The van der Waals surface area contributed by atoms with Crippen LogP contribution in [0.1, 0.15) is 52.7 Å². The minimum Gasteiger partial charge on any atom is -0.461 e. The average Bonchev–Trinajstić information content (AvgIpc) is 2.96. The van der Waals surface area contributed by atoms with E-state index in [0.717, 1.165) is 10.4 Å². The van der Waals surface area contributed by atoms with Crippen molar-refractivity contribution < 1.29 is 32.7 Å². The maximum Gasteiger partial charge on any atom is 0.361 e. The summed E-state index contributed by atoms with van der Waals surface area (Å²) in [4.78, 5) is 14.3. The molecule has 0 aliphatic carbocycles. The van der Waals surface area contributed by atoms with Crippen molar-refractivity contribution >= 4 is 36.1 Å². The molecule has 230 valence electrons. The number of carbonyl (C=O) groups excluding carboxylic acids is 1. The number of anilines is 1. The molecule has 7 nitrogen and oxygen atoms in total. The standard InChI is InChI=1S/C33H40F2N2O5Si/c1-7-40-32(38)30(36-39)27-18-24(31(29(35)28(27)34)37-19-22(2)42-23(3)20-37)21-41-43(33(4,5)6,25-14-10-8-11-15-25)26-16-12-9-13-17-26/h8-18,22-23,39H,7,19-21H2,1-6H3/b36-30-/t22-,23+. The summed E-state index contributed by atoms with van der Waals surface area (Å²) in [7, 11) is -3.08. The van der Waals surface area contributed by atoms with Crippen molar-refractivity contribution in [2.24, 2.45) is 5.16 Å². The van der Waals surface area contributed by atoms with E-state index >= 15 is 8.78 Å². The van der Waals surface area contributed by atoms with Crippen molar-refractivity contribution in [3.8, 4) is 0 Å². The first-order valence-corrected chi connectivity index (χ1v) is 16.4. The van der Waals surface area contributed by atoms with Gasteiger partial charge in [-0.15, -0.1) is 0 Å². The van der Waals surface area contributed by atoms with Crippen LogP contribution in [0.4, 0.5) is 14.5 Å². The van der Waals surface area contributed by atoms with E-state index in [9.17, 15) is 10.0 Å². The zero-order valence-corrected chi connectivity index (χ0v) is 26.6. The largest absolute Gasteiger partial charge is 0.461 e. The Balaban J connectivity index is 1.93. The molecule has 0 aromatic heterocycles. The van der Waals surface area contributed by atoms with Crippen molar-refractivity contribution in [1.29, 1.82) is 0 Å². The summed E-state index contributed by atoms with van der Waals surface area (Å²) >= 11 is 0. The lowest BCUT2D eigenvalue weighted by Gasteiger charge is -2.43.